The first-order valence-electron chi connectivity index (χ1n) is 10.4. The summed E-state index contributed by atoms with van der Waals surface area (Å²) in [6, 6.07) is 9.29. The largest absolute Gasteiger partial charge is 0.497 e. The van der Waals surface area contributed by atoms with Crippen molar-refractivity contribution in [3.05, 3.63) is 36.0 Å². The molecule has 0 aliphatic heterocycles. The Labute approximate surface area is 189 Å². The van der Waals surface area contributed by atoms with E-state index in [9.17, 15) is 9.59 Å². The molecular weight excluding hydrogens is 416 g/mol. The number of aromatic nitrogens is 2. The van der Waals surface area contributed by atoms with E-state index in [2.05, 4.69) is 39.9 Å². The molecule has 2 amide bonds. The number of amides is 2. The normalized spacial score (nSPS) is 11.5. The molecule has 0 aliphatic carbocycles. The van der Waals surface area contributed by atoms with Crippen LogP contribution in [0.15, 0.2) is 30.3 Å². The zero-order valence-electron chi connectivity index (χ0n) is 19.2. The lowest BCUT2D eigenvalue weighted by atomic mass is 9.92. The van der Waals surface area contributed by atoms with Gasteiger partial charge in [-0.2, -0.15) is 5.10 Å². The summed E-state index contributed by atoms with van der Waals surface area (Å²) in [7, 11) is 1.61. The highest BCUT2D eigenvalue weighted by molar-refractivity contribution is 6.27. The third kappa shape index (κ3) is 6.99. The van der Waals surface area contributed by atoms with E-state index in [0.717, 1.165) is 23.6 Å². The standard InChI is InChI=1S/C23H33ClN4O3/c1-16(2)11-12-27(22(30)14-24)15-21(29)25-20-13-19(23(3,4)5)26-28(20)17-7-9-18(31-6)10-8-17/h7-10,13,16H,11-12,14-15H2,1-6H3,(H,25,29). The van der Waals surface area contributed by atoms with Crippen molar-refractivity contribution in [3.63, 3.8) is 0 Å². The topological polar surface area (TPSA) is 76.5 Å². The summed E-state index contributed by atoms with van der Waals surface area (Å²) < 4.78 is 6.92. The van der Waals surface area contributed by atoms with E-state index in [0.29, 0.717) is 18.3 Å². The van der Waals surface area contributed by atoms with Crippen molar-refractivity contribution in [2.75, 3.05) is 31.4 Å². The van der Waals surface area contributed by atoms with Crippen LogP contribution in [0.3, 0.4) is 0 Å². The predicted molar refractivity (Wildman–Crippen MR) is 124 cm³/mol. The van der Waals surface area contributed by atoms with E-state index in [4.69, 9.17) is 21.4 Å². The summed E-state index contributed by atoms with van der Waals surface area (Å²) in [5.41, 5.74) is 1.43. The number of halogens is 1. The van der Waals surface area contributed by atoms with Gasteiger partial charge in [-0.15, -0.1) is 11.6 Å². The number of alkyl halides is 1. The first-order chi connectivity index (χ1) is 14.5. The maximum absolute atomic E-state index is 12.8. The van der Waals surface area contributed by atoms with Gasteiger partial charge in [0.15, 0.2) is 0 Å². The van der Waals surface area contributed by atoms with E-state index in [1.165, 1.54) is 4.90 Å². The second-order valence-corrected chi connectivity index (χ2v) is 9.22. The Hall–Kier alpha value is -2.54. The number of carbonyl (C=O) groups excluding carboxylic acids is 2. The molecule has 0 radical (unpaired) electrons. The Morgan fingerprint density at radius 3 is 2.39 bits per heavy atom. The van der Waals surface area contributed by atoms with Gasteiger partial charge in [0.1, 0.15) is 17.4 Å². The first kappa shape index (κ1) is 24.7. The van der Waals surface area contributed by atoms with Crippen molar-refractivity contribution in [1.82, 2.24) is 14.7 Å². The lowest BCUT2D eigenvalue weighted by molar-refractivity contribution is -0.132. The van der Waals surface area contributed by atoms with Crippen molar-refractivity contribution in [2.24, 2.45) is 5.92 Å². The third-order valence-corrected chi connectivity index (χ3v) is 5.07. The van der Waals surface area contributed by atoms with Gasteiger partial charge in [0, 0.05) is 18.0 Å². The molecule has 31 heavy (non-hydrogen) atoms. The van der Waals surface area contributed by atoms with Gasteiger partial charge in [-0.1, -0.05) is 34.6 Å². The number of nitrogens with zero attached hydrogens (tertiary/aromatic N) is 3. The highest BCUT2D eigenvalue weighted by Gasteiger charge is 2.23. The average molecular weight is 449 g/mol. The van der Waals surface area contributed by atoms with Gasteiger partial charge in [0.2, 0.25) is 11.8 Å². The predicted octanol–water partition coefficient (Wildman–Crippen LogP) is 4.23. The van der Waals surface area contributed by atoms with Crippen molar-refractivity contribution in [2.45, 2.75) is 46.5 Å². The molecule has 0 atom stereocenters. The van der Waals surface area contributed by atoms with Gasteiger partial charge in [0.05, 0.1) is 25.0 Å². The molecule has 1 aromatic heterocycles. The van der Waals surface area contributed by atoms with Crippen LogP contribution in [0.4, 0.5) is 5.82 Å². The van der Waals surface area contributed by atoms with Gasteiger partial charge in [-0.05, 0) is 36.6 Å². The van der Waals surface area contributed by atoms with Crippen LogP contribution in [-0.2, 0) is 15.0 Å². The molecule has 1 heterocycles. The molecule has 0 fully saturated rings. The fraction of sp³-hybridized carbons (Fsp3) is 0.522. The van der Waals surface area contributed by atoms with E-state index < -0.39 is 0 Å². The second kappa shape index (κ2) is 10.7. The van der Waals surface area contributed by atoms with E-state index in [1.807, 2.05) is 30.3 Å². The van der Waals surface area contributed by atoms with E-state index >= 15 is 0 Å². The molecule has 1 aromatic carbocycles. The molecule has 2 aromatic rings. The number of rotatable bonds is 9. The number of benzene rings is 1. The average Bonchev–Trinajstić information content (AvgIpc) is 3.14. The molecule has 0 saturated heterocycles. The number of nitrogens with one attached hydrogen (secondary N) is 1. The minimum absolute atomic E-state index is 0.0586. The molecule has 1 N–H and O–H groups in total. The minimum Gasteiger partial charge on any atom is -0.497 e. The van der Waals surface area contributed by atoms with Crippen molar-refractivity contribution in [3.8, 4) is 11.4 Å². The molecule has 0 bridgehead atoms. The highest BCUT2D eigenvalue weighted by Crippen LogP contribution is 2.27. The van der Waals surface area contributed by atoms with Gasteiger partial charge >= 0.3 is 0 Å². The summed E-state index contributed by atoms with van der Waals surface area (Å²) in [6.07, 6.45) is 0.799. The van der Waals surface area contributed by atoms with Crippen LogP contribution in [0, 0.1) is 5.92 Å². The third-order valence-electron chi connectivity index (χ3n) is 4.84. The van der Waals surface area contributed by atoms with Crippen LogP contribution in [0.2, 0.25) is 0 Å². The van der Waals surface area contributed by atoms with Crippen LogP contribution in [0.1, 0.15) is 46.7 Å². The van der Waals surface area contributed by atoms with Crippen molar-refractivity contribution >= 4 is 29.2 Å². The van der Waals surface area contributed by atoms with Crippen LogP contribution >= 0.6 is 11.6 Å². The van der Waals surface area contributed by atoms with Gasteiger partial charge in [0.25, 0.3) is 0 Å². The van der Waals surface area contributed by atoms with Crippen LogP contribution < -0.4 is 10.1 Å². The van der Waals surface area contributed by atoms with Crippen molar-refractivity contribution < 1.29 is 14.3 Å². The molecule has 0 aliphatic rings. The Morgan fingerprint density at radius 1 is 1.23 bits per heavy atom. The Balaban J connectivity index is 2.27. The summed E-state index contributed by atoms with van der Waals surface area (Å²) >= 11 is 5.74. The number of carbonyl (C=O) groups is 2. The Morgan fingerprint density at radius 2 is 1.87 bits per heavy atom. The minimum atomic E-state index is -0.294. The molecule has 170 valence electrons. The molecular formula is C23H33ClN4O3. The molecule has 8 heteroatoms. The number of hydrogen-bond acceptors (Lipinski definition) is 4. The lowest BCUT2D eigenvalue weighted by Crippen LogP contribution is -2.40. The summed E-state index contributed by atoms with van der Waals surface area (Å²) in [5.74, 6) is 0.997. The summed E-state index contributed by atoms with van der Waals surface area (Å²) in [5, 5.41) is 7.63. The lowest BCUT2D eigenvalue weighted by Gasteiger charge is -2.22. The fourth-order valence-corrected chi connectivity index (χ4v) is 3.07. The molecule has 0 saturated carbocycles. The second-order valence-electron chi connectivity index (χ2n) is 8.95. The molecule has 0 unspecified atom stereocenters. The summed E-state index contributed by atoms with van der Waals surface area (Å²) in [6.45, 7) is 10.8. The zero-order valence-corrected chi connectivity index (χ0v) is 20.0. The van der Waals surface area contributed by atoms with Crippen LogP contribution in [0.25, 0.3) is 5.69 Å². The molecule has 7 nitrogen and oxygen atoms in total. The van der Waals surface area contributed by atoms with Crippen molar-refractivity contribution in [1.29, 1.82) is 0 Å². The maximum atomic E-state index is 12.8. The van der Waals surface area contributed by atoms with E-state index in [1.54, 1.807) is 11.8 Å². The van der Waals surface area contributed by atoms with E-state index in [-0.39, 0.29) is 29.7 Å². The van der Waals surface area contributed by atoms with Gasteiger partial charge in [-0.3, -0.25) is 9.59 Å². The Bertz CT molecular complexity index is 885. The summed E-state index contributed by atoms with van der Waals surface area (Å²) in [4.78, 5) is 26.5. The highest BCUT2D eigenvalue weighted by atomic mass is 35.5. The smallest absolute Gasteiger partial charge is 0.245 e. The molecule has 2 rings (SSSR count). The van der Waals surface area contributed by atoms with Crippen LogP contribution in [0.5, 0.6) is 5.75 Å². The zero-order chi connectivity index (χ0) is 23.2. The monoisotopic (exact) mass is 448 g/mol. The van der Waals surface area contributed by atoms with Gasteiger partial charge in [-0.25, -0.2) is 4.68 Å². The number of anilines is 1. The SMILES string of the molecule is COc1ccc(-n2nc(C(C)(C)C)cc2NC(=O)CN(CCC(C)C)C(=O)CCl)cc1. The number of ether oxygens (including phenoxy) is 1. The van der Waals surface area contributed by atoms with Gasteiger partial charge < -0.3 is 15.0 Å². The number of hydrogen-bond donors (Lipinski definition) is 1. The quantitative estimate of drug-likeness (QED) is 0.582. The molecule has 0 spiro atoms. The first-order valence-corrected chi connectivity index (χ1v) is 11.0. The fourth-order valence-electron chi connectivity index (χ4n) is 2.90. The maximum Gasteiger partial charge on any atom is 0.245 e. The van der Waals surface area contributed by atoms with Crippen LogP contribution in [-0.4, -0.2) is 52.6 Å². The number of methoxy groups -OCH3 is 1. The Kier molecular flexibility index (Phi) is 8.51.